The second-order valence-corrected chi connectivity index (χ2v) is 6.22. The SMILES string of the molecule is [Cl-].c1c2c(cc3c1OCO3)[C@@H]1CCC[C@@H]3CC[N+](=C31)C2. The molecule has 0 spiro atoms. The zero-order valence-corrected chi connectivity index (χ0v) is 12.2. The number of hydrogen-bond acceptors (Lipinski definition) is 2. The van der Waals surface area contributed by atoms with Crippen LogP contribution in [0.5, 0.6) is 11.5 Å². The zero-order valence-electron chi connectivity index (χ0n) is 11.4. The number of ether oxygens (including phenoxy) is 2. The van der Waals surface area contributed by atoms with Crippen molar-refractivity contribution in [3.8, 4) is 11.5 Å². The number of rotatable bonds is 0. The summed E-state index contributed by atoms with van der Waals surface area (Å²) in [6.07, 6.45) is 5.46. The van der Waals surface area contributed by atoms with Gasteiger partial charge in [-0.15, -0.1) is 0 Å². The normalized spacial score (nSPS) is 28.8. The van der Waals surface area contributed by atoms with Crippen molar-refractivity contribution in [3.63, 3.8) is 0 Å². The predicted molar refractivity (Wildman–Crippen MR) is 71.1 cm³/mol. The van der Waals surface area contributed by atoms with E-state index in [4.69, 9.17) is 9.47 Å². The van der Waals surface area contributed by atoms with Crippen molar-refractivity contribution in [2.75, 3.05) is 13.3 Å². The minimum absolute atomic E-state index is 0. The first-order valence-corrected chi connectivity index (χ1v) is 7.44. The maximum Gasteiger partial charge on any atom is 0.231 e. The molecule has 5 rings (SSSR count). The average Bonchev–Trinajstić information content (AvgIpc) is 3.05. The molecule has 0 amide bonds. The van der Waals surface area contributed by atoms with Crippen molar-refractivity contribution in [3.05, 3.63) is 23.3 Å². The Morgan fingerprint density at radius 2 is 1.90 bits per heavy atom. The van der Waals surface area contributed by atoms with Gasteiger partial charge < -0.3 is 21.9 Å². The van der Waals surface area contributed by atoms with Crippen LogP contribution in [0.1, 0.15) is 42.7 Å². The molecule has 3 heterocycles. The summed E-state index contributed by atoms with van der Waals surface area (Å²) in [6.45, 7) is 2.71. The second kappa shape index (κ2) is 4.39. The third-order valence-electron chi connectivity index (χ3n) is 5.30. The minimum Gasteiger partial charge on any atom is -1.00 e. The highest BCUT2D eigenvalue weighted by Crippen LogP contribution is 2.46. The molecule has 1 saturated carbocycles. The third-order valence-corrected chi connectivity index (χ3v) is 5.30. The van der Waals surface area contributed by atoms with E-state index in [0.29, 0.717) is 12.7 Å². The van der Waals surface area contributed by atoms with Crippen molar-refractivity contribution < 1.29 is 26.5 Å². The average molecular weight is 292 g/mol. The van der Waals surface area contributed by atoms with E-state index in [-0.39, 0.29) is 12.4 Å². The molecular formula is C16H18ClNO2. The Bertz CT molecular complexity index is 611. The van der Waals surface area contributed by atoms with Gasteiger partial charge in [0.25, 0.3) is 0 Å². The first-order valence-electron chi connectivity index (χ1n) is 7.44. The molecule has 1 aliphatic carbocycles. The standard InChI is InChI=1S/C16H18NO2.ClH/c1-2-10-4-5-17-8-11-6-14-15(19-9-18-14)7-13(11)12(3-1)16(10)17;/h6-7,10,12H,1-5,8-9H2;1H/q+1;/p-1/t10-,12+;/m1./s1. The molecule has 1 aromatic carbocycles. The van der Waals surface area contributed by atoms with Crippen LogP contribution in [0.15, 0.2) is 12.1 Å². The molecule has 106 valence electrons. The quantitative estimate of drug-likeness (QED) is 0.611. The van der Waals surface area contributed by atoms with Crippen LogP contribution in [0, 0.1) is 5.92 Å². The van der Waals surface area contributed by atoms with Gasteiger partial charge in [0.15, 0.2) is 23.8 Å². The molecule has 0 bridgehead atoms. The summed E-state index contributed by atoms with van der Waals surface area (Å²) in [7, 11) is 0. The monoisotopic (exact) mass is 291 g/mol. The Kier molecular flexibility index (Phi) is 2.75. The summed E-state index contributed by atoms with van der Waals surface area (Å²) in [5, 5.41) is 0. The van der Waals surface area contributed by atoms with Gasteiger partial charge >= 0.3 is 0 Å². The van der Waals surface area contributed by atoms with Crippen LogP contribution in [-0.4, -0.2) is 23.6 Å². The van der Waals surface area contributed by atoms with Crippen LogP contribution >= 0.6 is 0 Å². The van der Waals surface area contributed by atoms with Crippen LogP contribution in [0.3, 0.4) is 0 Å². The number of halogens is 1. The van der Waals surface area contributed by atoms with Gasteiger partial charge in [0, 0.05) is 17.9 Å². The molecule has 0 radical (unpaired) electrons. The Labute approximate surface area is 125 Å². The molecule has 3 nitrogen and oxygen atoms in total. The molecule has 20 heavy (non-hydrogen) atoms. The van der Waals surface area contributed by atoms with Crippen LogP contribution in [-0.2, 0) is 6.54 Å². The van der Waals surface area contributed by atoms with Gasteiger partial charge in [0.1, 0.15) is 6.54 Å². The summed E-state index contributed by atoms with van der Waals surface area (Å²) in [4.78, 5) is 0. The topological polar surface area (TPSA) is 21.5 Å². The number of benzene rings is 1. The lowest BCUT2D eigenvalue weighted by Crippen LogP contribution is -3.00. The Hall–Kier alpha value is -1.22. The summed E-state index contributed by atoms with van der Waals surface area (Å²) in [6, 6.07) is 4.48. The van der Waals surface area contributed by atoms with Gasteiger partial charge in [-0.2, -0.15) is 0 Å². The van der Waals surface area contributed by atoms with Crippen molar-refractivity contribution in [2.24, 2.45) is 5.92 Å². The van der Waals surface area contributed by atoms with Gasteiger partial charge in [-0.3, -0.25) is 0 Å². The maximum absolute atomic E-state index is 5.57. The van der Waals surface area contributed by atoms with E-state index in [9.17, 15) is 0 Å². The Balaban J connectivity index is 0.00000106. The molecule has 0 N–H and O–H groups in total. The number of nitrogens with zero attached hydrogens (tertiary/aromatic N) is 1. The van der Waals surface area contributed by atoms with E-state index >= 15 is 0 Å². The van der Waals surface area contributed by atoms with Crippen LogP contribution in [0.4, 0.5) is 0 Å². The van der Waals surface area contributed by atoms with Crippen LogP contribution in [0.25, 0.3) is 0 Å². The zero-order chi connectivity index (χ0) is 12.4. The maximum atomic E-state index is 5.57. The van der Waals surface area contributed by atoms with Crippen molar-refractivity contribution in [2.45, 2.75) is 38.1 Å². The lowest BCUT2D eigenvalue weighted by atomic mass is 9.74. The molecule has 2 atom stereocenters. The van der Waals surface area contributed by atoms with E-state index < -0.39 is 0 Å². The summed E-state index contributed by atoms with van der Waals surface area (Å²) in [5.41, 5.74) is 4.71. The van der Waals surface area contributed by atoms with E-state index in [1.807, 2.05) is 0 Å². The fourth-order valence-electron chi connectivity index (χ4n) is 4.51. The van der Waals surface area contributed by atoms with Gasteiger partial charge in [-0.05, 0) is 30.5 Å². The molecule has 0 saturated heterocycles. The van der Waals surface area contributed by atoms with E-state index in [1.54, 1.807) is 5.71 Å². The highest BCUT2D eigenvalue weighted by atomic mass is 35.5. The third kappa shape index (κ3) is 1.56. The molecule has 1 aromatic rings. The lowest BCUT2D eigenvalue weighted by molar-refractivity contribution is -0.539. The van der Waals surface area contributed by atoms with Crippen LogP contribution < -0.4 is 21.9 Å². The number of fused-ring (bicyclic) bond motifs is 3. The highest BCUT2D eigenvalue weighted by Gasteiger charge is 2.45. The largest absolute Gasteiger partial charge is 1.00 e. The van der Waals surface area contributed by atoms with Crippen LogP contribution in [0.2, 0.25) is 0 Å². The van der Waals surface area contributed by atoms with Gasteiger partial charge in [0.05, 0.1) is 5.92 Å². The first-order chi connectivity index (χ1) is 9.40. The molecule has 4 heteroatoms. The van der Waals surface area contributed by atoms with Gasteiger partial charge in [-0.25, -0.2) is 4.58 Å². The van der Waals surface area contributed by atoms with E-state index in [0.717, 1.165) is 24.0 Å². The fraction of sp³-hybridized carbons (Fsp3) is 0.562. The smallest absolute Gasteiger partial charge is 0.231 e. The molecular weight excluding hydrogens is 274 g/mol. The second-order valence-electron chi connectivity index (χ2n) is 6.22. The fourth-order valence-corrected chi connectivity index (χ4v) is 4.51. The first kappa shape index (κ1) is 12.5. The van der Waals surface area contributed by atoms with Crippen molar-refractivity contribution in [1.29, 1.82) is 0 Å². The van der Waals surface area contributed by atoms with Gasteiger partial charge in [0.2, 0.25) is 6.79 Å². The number of hydrogen-bond donors (Lipinski definition) is 0. The summed E-state index contributed by atoms with van der Waals surface area (Å²) < 4.78 is 13.7. The van der Waals surface area contributed by atoms with Crippen molar-refractivity contribution >= 4 is 5.71 Å². The van der Waals surface area contributed by atoms with E-state index in [1.165, 1.54) is 43.4 Å². The Morgan fingerprint density at radius 3 is 2.80 bits per heavy atom. The predicted octanol–water partition coefficient (Wildman–Crippen LogP) is -0.326. The molecule has 4 aliphatic rings. The summed E-state index contributed by atoms with van der Waals surface area (Å²) >= 11 is 0. The van der Waals surface area contributed by atoms with Crippen molar-refractivity contribution in [1.82, 2.24) is 0 Å². The highest BCUT2D eigenvalue weighted by molar-refractivity contribution is 5.91. The lowest BCUT2D eigenvalue weighted by Gasteiger charge is -2.29. The summed E-state index contributed by atoms with van der Waals surface area (Å²) in [5.74, 6) is 3.40. The minimum atomic E-state index is 0. The molecule has 3 aliphatic heterocycles. The molecule has 1 fully saturated rings. The van der Waals surface area contributed by atoms with E-state index in [2.05, 4.69) is 16.7 Å². The van der Waals surface area contributed by atoms with Gasteiger partial charge in [-0.1, -0.05) is 6.42 Å². The molecule has 0 aromatic heterocycles. The Morgan fingerprint density at radius 1 is 1.05 bits per heavy atom. The molecule has 0 unspecified atom stereocenters.